The summed E-state index contributed by atoms with van der Waals surface area (Å²) < 4.78 is 0. The normalized spacial score (nSPS) is 22.5. The highest BCUT2D eigenvalue weighted by atomic mass is 16.4. The van der Waals surface area contributed by atoms with E-state index in [1.54, 1.807) is 11.0 Å². The molecule has 2 aliphatic heterocycles. The van der Waals surface area contributed by atoms with Crippen LogP contribution in [0.2, 0.25) is 0 Å². The van der Waals surface area contributed by atoms with E-state index >= 15 is 0 Å². The van der Waals surface area contributed by atoms with Crippen LogP contribution in [-0.4, -0.2) is 28.4 Å². The van der Waals surface area contributed by atoms with E-state index in [0.29, 0.717) is 24.9 Å². The van der Waals surface area contributed by atoms with E-state index in [4.69, 9.17) is 0 Å². The van der Waals surface area contributed by atoms with Crippen molar-refractivity contribution < 1.29 is 14.7 Å². The number of hydrogen-bond donors (Lipinski definition) is 1. The van der Waals surface area contributed by atoms with Crippen LogP contribution >= 0.6 is 0 Å². The number of nitrogens with zero attached hydrogens (tertiary/aromatic N) is 1. The summed E-state index contributed by atoms with van der Waals surface area (Å²) in [4.78, 5) is 26.6. The summed E-state index contributed by atoms with van der Waals surface area (Å²) in [6.45, 7) is 0.441. The van der Waals surface area contributed by atoms with E-state index < -0.39 is 11.5 Å². The molecule has 4 heteroatoms. The predicted octanol–water partition coefficient (Wildman–Crippen LogP) is 2.22. The molecule has 2 aromatic carbocycles. The molecule has 2 heterocycles. The minimum absolute atomic E-state index is 0.182. The first-order valence-electron chi connectivity index (χ1n) is 7.36. The van der Waals surface area contributed by atoms with Crippen molar-refractivity contribution >= 4 is 11.9 Å². The lowest BCUT2D eigenvalue weighted by molar-refractivity contribution is -0.151. The zero-order valence-corrected chi connectivity index (χ0v) is 12.0. The monoisotopic (exact) mass is 293 g/mol. The fraction of sp³-hybridized carbons (Fsp3) is 0.222. The summed E-state index contributed by atoms with van der Waals surface area (Å²) in [5.41, 5.74) is 1.92. The molecule has 1 unspecified atom stereocenters. The van der Waals surface area contributed by atoms with Crippen LogP contribution in [0.1, 0.15) is 27.0 Å². The van der Waals surface area contributed by atoms with Crippen molar-refractivity contribution in [3.63, 3.8) is 0 Å². The average Bonchev–Trinajstić information content (AvgIpc) is 2.54. The van der Waals surface area contributed by atoms with Crippen LogP contribution in [0.4, 0.5) is 0 Å². The molecule has 0 bridgehead atoms. The lowest BCUT2D eigenvalue weighted by atomic mass is 9.73. The van der Waals surface area contributed by atoms with Crippen molar-refractivity contribution in [1.29, 1.82) is 0 Å². The van der Waals surface area contributed by atoms with Crippen molar-refractivity contribution in [2.45, 2.75) is 18.4 Å². The van der Waals surface area contributed by atoms with E-state index in [0.717, 1.165) is 16.7 Å². The molecule has 2 aromatic rings. The standard InChI is InChI=1S/C18H15NO3/c20-16-14-7-3-1-6-13(14)11-18(17(21)22)15-8-4-2-5-12(15)9-10-19(16)18/h1-8H,9-11H2,(H,21,22). The molecule has 2 aliphatic rings. The zero-order valence-electron chi connectivity index (χ0n) is 12.0. The quantitative estimate of drug-likeness (QED) is 0.877. The second kappa shape index (κ2) is 4.44. The molecule has 0 saturated carbocycles. The minimum Gasteiger partial charge on any atom is -0.479 e. The molecule has 110 valence electrons. The Bertz CT molecular complexity index is 798. The first kappa shape index (κ1) is 13.1. The van der Waals surface area contributed by atoms with Crippen LogP contribution in [0.5, 0.6) is 0 Å². The highest BCUT2D eigenvalue weighted by molar-refractivity contribution is 6.02. The van der Waals surface area contributed by atoms with Crippen molar-refractivity contribution in [2.75, 3.05) is 6.54 Å². The van der Waals surface area contributed by atoms with E-state index in [-0.39, 0.29) is 5.91 Å². The third-order valence-corrected chi connectivity index (χ3v) is 4.82. The van der Waals surface area contributed by atoms with Gasteiger partial charge in [0.05, 0.1) is 0 Å². The Morgan fingerprint density at radius 2 is 1.73 bits per heavy atom. The molecule has 22 heavy (non-hydrogen) atoms. The van der Waals surface area contributed by atoms with E-state index in [1.165, 1.54) is 0 Å². The Labute approximate surface area is 128 Å². The van der Waals surface area contributed by atoms with Gasteiger partial charge in [0, 0.05) is 18.5 Å². The Kier molecular flexibility index (Phi) is 2.64. The van der Waals surface area contributed by atoms with Crippen molar-refractivity contribution in [3.05, 3.63) is 70.8 Å². The molecular formula is C18H15NO3. The summed E-state index contributed by atoms with van der Waals surface area (Å²) >= 11 is 0. The van der Waals surface area contributed by atoms with Crippen LogP contribution in [0.3, 0.4) is 0 Å². The van der Waals surface area contributed by atoms with Gasteiger partial charge >= 0.3 is 5.97 Å². The largest absolute Gasteiger partial charge is 0.479 e. The maximum atomic E-state index is 12.8. The van der Waals surface area contributed by atoms with Crippen LogP contribution in [0, 0.1) is 0 Å². The van der Waals surface area contributed by atoms with Gasteiger partial charge in [0.15, 0.2) is 5.54 Å². The van der Waals surface area contributed by atoms with Gasteiger partial charge in [-0.15, -0.1) is 0 Å². The predicted molar refractivity (Wildman–Crippen MR) is 80.6 cm³/mol. The molecule has 0 saturated heterocycles. The van der Waals surface area contributed by atoms with Crippen molar-refractivity contribution in [2.24, 2.45) is 0 Å². The lowest BCUT2D eigenvalue weighted by Crippen LogP contribution is -2.61. The number of carboxylic acid groups (broad SMARTS) is 1. The number of aliphatic carboxylic acids is 1. The minimum atomic E-state index is -1.28. The first-order valence-corrected chi connectivity index (χ1v) is 7.36. The number of carbonyl (C=O) groups excluding carboxylic acids is 1. The number of carboxylic acids is 1. The van der Waals surface area contributed by atoms with Gasteiger partial charge in [-0.2, -0.15) is 0 Å². The molecule has 4 nitrogen and oxygen atoms in total. The molecule has 0 aromatic heterocycles. The first-order chi connectivity index (χ1) is 10.6. The van der Waals surface area contributed by atoms with E-state index in [9.17, 15) is 14.7 Å². The number of fused-ring (bicyclic) bond motifs is 4. The fourth-order valence-electron chi connectivity index (χ4n) is 3.79. The third kappa shape index (κ3) is 1.52. The van der Waals surface area contributed by atoms with Gasteiger partial charge in [0.25, 0.3) is 5.91 Å². The van der Waals surface area contributed by atoms with Gasteiger partial charge in [0.2, 0.25) is 0 Å². The molecule has 1 amide bonds. The summed E-state index contributed by atoms with van der Waals surface area (Å²) in [5.74, 6) is -1.14. The molecule has 1 N–H and O–H groups in total. The molecular weight excluding hydrogens is 278 g/mol. The second-order valence-corrected chi connectivity index (χ2v) is 5.86. The Balaban J connectivity index is 2.00. The highest BCUT2D eigenvalue weighted by Gasteiger charge is 2.54. The SMILES string of the molecule is O=C1c2ccccc2CC2(C(=O)O)c3ccccc3CCN12. The lowest BCUT2D eigenvalue weighted by Gasteiger charge is -2.48. The van der Waals surface area contributed by atoms with Gasteiger partial charge < -0.3 is 10.0 Å². The molecule has 1 atom stereocenters. The number of amides is 1. The maximum absolute atomic E-state index is 12.8. The van der Waals surface area contributed by atoms with Crippen LogP contribution in [0.25, 0.3) is 0 Å². The number of benzene rings is 2. The Morgan fingerprint density at radius 1 is 1.05 bits per heavy atom. The third-order valence-electron chi connectivity index (χ3n) is 4.82. The maximum Gasteiger partial charge on any atom is 0.334 e. The molecule has 0 aliphatic carbocycles. The van der Waals surface area contributed by atoms with Gasteiger partial charge in [-0.1, -0.05) is 42.5 Å². The summed E-state index contributed by atoms with van der Waals surface area (Å²) in [5, 5.41) is 10.0. The van der Waals surface area contributed by atoms with Crippen LogP contribution in [-0.2, 0) is 23.2 Å². The molecule has 0 spiro atoms. The summed E-state index contributed by atoms with van der Waals surface area (Å²) in [6, 6.07) is 14.9. The summed E-state index contributed by atoms with van der Waals surface area (Å²) in [7, 11) is 0. The molecule has 4 rings (SSSR count). The van der Waals surface area contributed by atoms with Crippen molar-refractivity contribution in [1.82, 2.24) is 4.90 Å². The topological polar surface area (TPSA) is 57.6 Å². The van der Waals surface area contributed by atoms with Gasteiger partial charge in [0.1, 0.15) is 0 Å². The smallest absolute Gasteiger partial charge is 0.334 e. The van der Waals surface area contributed by atoms with E-state index in [2.05, 4.69) is 0 Å². The number of rotatable bonds is 1. The van der Waals surface area contributed by atoms with E-state index in [1.807, 2.05) is 42.5 Å². The van der Waals surface area contributed by atoms with Crippen LogP contribution in [0.15, 0.2) is 48.5 Å². The van der Waals surface area contributed by atoms with Gasteiger partial charge in [-0.25, -0.2) is 4.79 Å². The highest BCUT2D eigenvalue weighted by Crippen LogP contribution is 2.43. The van der Waals surface area contributed by atoms with Crippen molar-refractivity contribution in [3.8, 4) is 0 Å². The summed E-state index contributed by atoms with van der Waals surface area (Å²) in [6.07, 6.45) is 1.01. The average molecular weight is 293 g/mol. The number of carbonyl (C=O) groups is 2. The molecule has 0 fully saturated rings. The zero-order chi connectivity index (χ0) is 15.3. The van der Waals surface area contributed by atoms with Gasteiger partial charge in [-0.05, 0) is 29.2 Å². The molecule has 0 radical (unpaired) electrons. The second-order valence-electron chi connectivity index (χ2n) is 5.86. The Hall–Kier alpha value is -2.62. The fourth-order valence-corrected chi connectivity index (χ4v) is 3.79. The Morgan fingerprint density at radius 3 is 2.50 bits per heavy atom. The van der Waals surface area contributed by atoms with Gasteiger partial charge in [-0.3, -0.25) is 4.79 Å². The van der Waals surface area contributed by atoms with Crippen LogP contribution < -0.4 is 0 Å². The number of hydrogen-bond acceptors (Lipinski definition) is 2.